The van der Waals surface area contributed by atoms with E-state index in [1.807, 2.05) is 19.1 Å². The molecule has 0 aliphatic carbocycles. The number of nitrogens with two attached hydrogens (primary N) is 1. The number of aromatic nitrogens is 5. The molecule has 0 bridgehead atoms. The van der Waals surface area contributed by atoms with Crippen LogP contribution in [0.1, 0.15) is 5.69 Å². The number of hydrogen-bond donors (Lipinski definition) is 2. The van der Waals surface area contributed by atoms with Gasteiger partial charge in [0.15, 0.2) is 5.65 Å². The number of nitrogen functional groups attached to an aromatic ring is 1. The molecule has 0 fully saturated rings. The molecule has 0 spiro atoms. The van der Waals surface area contributed by atoms with Gasteiger partial charge >= 0.3 is 0 Å². The van der Waals surface area contributed by atoms with Gasteiger partial charge in [-0.25, -0.2) is 19.9 Å². The highest BCUT2D eigenvalue weighted by Gasteiger charge is 2.10. The van der Waals surface area contributed by atoms with Crippen molar-refractivity contribution in [3.8, 4) is 0 Å². The van der Waals surface area contributed by atoms with E-state index in [1.165, 1.54) is 18.1 Å². The molecule has 0 aliphatic rings. The SMILES string of the molecule is Cc1ccc(N)c(Sc2ncnc3nc[nH]c23)n1. The van der Waals surface area contributed by atoms with Gasteiger partial charge < -0.3 is 10.7 Å². The third kappa shape index (κ3) is 1.88. The Morgan fingerprint density at radius 2 is 2.06 bits per heavy atom. The number of aryl methyl sites for hydroxylation is 1. The summed E-state index contributed by atoms with van der Waals surface area (Å²) < 4.78 is 0. The molecular weight excluding hydrogens is 248 g/mol. The zero-order valence-corrected chi connectivity index (χ0v) is 10.4. The van der Waals surface area contributed by atoms with Gasteiger partial charge in [-0.05, 0) is 30.8 Å². The zero-order chi connectivity index (χ0) is 12.5. The minimum Gasteiger partial charge on any atom is -0.397 e. The van der Waals surface area contributed by atoms with E-state index in [0.717, 1.165) is 21.3 Å². The lowest BCUT2D eigenvalue weighted by Gasteiger charge is -2.05. The minimum absolute atomic E-state index is 0.636. The van der Waals surface area contributed by atoms with E-state index in [2.05, 4.69) is 24.9 Å². The molecule has 0 saturated heterocycles. The summed E-state index contributed by atoms with van der Waals surface area (Å²) in [7, 11) is 0. The average Bonchev–Trinajstić information content (AvgIpc) is 2.83. The number of pyridine rings is 1. The summed E-state index contributed by atoms with van der Waals surface area (Å²) >= 11 is 1.40. The van der Waals surface area contributed by atoms with Crippen LogP contribution in [0, 0.1) is 6.92 Å². The lowest BCUT2D eigenvalue weighted by molar-refractivity contribution is 1.05. The van der Waals surface area contributed by atoms with Gasteiger partial charge in [0.2, 0.25) is 0 Å². The van der Waals surface area contributed by atoms with Crippen LogP contribution in [0.2, 0.25) is 0 Å². The van der Waals surface area contributed by atoms with Crippen molar-refractivity contribution in [2.45, 2.75) is 17.0 Å². The average molecular weight is 258 g/mol. The molecule has 3 N–H and O–H groups in total. The second-order valence-electron chi connectivity index (χ2n) is 3.73. The van der Waals surface area contributed by atoms with Gasteiger partial charge in [0.1, 0.15) is 21.9 Å². The van der Waals surface area contributed by atoms with E-state index in [9.17, 15) is 0 Å². The zero-order valence-electron chi connectivity index (χ0n) is 9.58. The van der Waals surface area contributed by atoms with Crippen LogP contribution in [-0.4, -0.2) is 24.9 Å². The molecule has 0 aliphatic heterocycles. The monoisotopic (exact) mass is 258 g/mol. The van der Waals surface area contributed by atoms with E-state index in [1.54, 1.807) is 6.33 Å². The topological polar surface area (TPSA) is 93.4 Å². The predicted molar refractivity (Wildman–Crippen MR) is 69.2 cm³/mol. The Morgan fingerprint density at radius 3 is 2.94 bits per heavy atom. The summed E-state index contributed by atoms with van der Waals surface area (Å²) in [5.41, 5.74) is 8.89. The maximum atomic E-state index is 5.90. The summed E-state index contributed by atoms with van der Waals surface area (Å²) in [5, 5.41) is 1.51. The van der Waals surface area contributed by atoms with Crippen molar-refractivity contribution in [3.63, 3.8) is 0 Å². The molecule has 3 aromatic rings. The Bertz CT molecular complexity index is 708. The van der Waals surface area contributed by atoms with Crippen LogP contribution in [0.25, 0.3) is 11.2 Å². The number of anilines is 1. The van der Waals surface area contributed by atoms with E-state index in [4.69, 9.17) is 5.73 Å². The Kier molecular flexibility index (Phi) is 2.60. The highest BCUT2D eigenvalue weighted by Crippen LogP contribution is 2.31. The Hall–Kier alpha value is -2.15. The molecule has 0 aromatic carbocycles. The van der Waals surface area contributed by atoms with Gasteiger partial charge in [-0.3, -0.25) is 0 Å². The van der Waals surface area contributed by atoms with Crippen LogP contribution in [-0.2, 0) is 0 Å². The van der Waals surface area contributed by atoms with Crippen LogP contribution in [0.5, 0.6) is 0 Å². The minimum atomic E-state index is 0.636. The second-order valence-corrected chi connectivity index (χ2v) is 4.71. The van der Waals surface area contributed by atoms with Gasteiger partial charge in [0.25, 0.3) is 0 Å². The van der Waals surface area contributed by atoms with E-state index in [0.29, 0.717) is 11.3 Å². The number of nitrogens with one attached hydrogen (secondary N) is 1. The van der Waals surface area contributed by atoms with Crippen molar-refractivity contribution in [1.82, 2.24) is 24.9 Å². The van der Waals surface area contributed by atoms with Crippen LogP contribution >= 0.6 is 11.8 Å². The van der Waals surface area contributed by atoms with Gasteiger partial charge in [0.05, 0.1) is 12.0 Å². The summed E-state index contributed by atoms with van der Waals surface area (Å²) in [5.74, 6) is 0. The first-order chi connectivity index (χ1) is 8.74. The Labute approximate surface area is 107 Å². The van der Waals surface area contributed by atoms with Crippen molar-refractivity contribution >= 4 is 28.6 Å². The quantitative estimate of drug-likeness (QED) is 0.681. The first-order valence-corrected chi connectivity index (χ1v) is 6.11. The number of nitrogens with zero attached hydrogens (tertiary/aromatic N) is 4. The molecular formula is C11H10N6S. The number of fused-ring (bicyclic) bond motifs is 1. The van der Waals surface area contributed by atoms with Crippen LogP contribution in [0.4, 0.5) is 5.69 Å². The van der Waals surface area contributed by atoms with Crippen molar-refractivity contribution < 1.29 is 0 Å². The number of aromatic amines is 1. The molecule has 0 saturated carbocycles. The van der Waals surface area contributed by atoms with E-state index < -0.39 is 0 Å². The lowest BCUT2D eigenvalue weighted by Crippen LogP contribution is -1.94. The number of rotatable bonds is 2. The van der Waals surface area contributed by atoms with Gasteiger partial charge in [-0.1, -0.05) is 0 Å². The molecule has 6 nitrogen and oxygen atoms in total. The highest BCUT2D eigenvalue weighted by molar-refractivity contribution is 7.99. The third-order valence-corrected chi connectivity index (χ3v) is 3.43. The fraction of sp³-hybridized carbons (Fsp3) is 0.0909. The summed E-state index contributed by atoms with van der Waals surface area (Å²) in [6.07, 6.45) is 3.08. The molecule has 7 heteroatoms. The van der Waals surface area contributed by atoms with Crippen LogP contribution in [0.3, 0.4) is 0 Å². The first kappa shape index (κ1) is 11.0. The van der Waals surface area contributed by atoms with Crippen molar-refractivity contribution in [2.24, 2.45) is 0 Å². The predicted octanol–water partition coefficient (Wildman–Crippen LogP) is 1.79. The largest absolute Gasteiger partial charge is 0.397 e. The third-order valence-electron chi connectivity index (χ3n) is 2.41. The molecule has 3 rings (SSSR count). The van der Waals surface area contributed by atoms with Crippen LogP contribution < -0.4 is 5.73 Å². The first-order valence-electron chi connectivity index (χ1n) is 5.29. The smallest absolute Gasteiger partial charge is 0.181 e. The number of H-pyrrole nitrogens is 1. The maximum Gasteiger partial charge on any atom is 0.181 e. The van der Waals surface area contributed by atoms with Crippen molar-refractivity contribution in [3.05, 3.63) is 30.5 Å². The van der Waals surface area contributed by atoms with Crippen LogP contribution in [0.15, 0.2) is 34.8 Å². The fourth-order valence-corrected chi connectivity index (χ4v) is 2.45. The molecule has 0 amide bonds. The summed E-state index contributed by atoms with van der Waals surface area (Å²) in [4.78, 5) is 19.8. The standard InChI is InChI=1S/C11H10N6S/c1-6-2-3-7(12)10(17-6)18-11-8-9(14-4-13-8)15-5-16-11/h2-5H,12H2,1H3,(H,13,14,15,16). The summed E-state index contributed by atoms with van der Waals surface area (Å²) in [6.45, 7) is 1.93. The molecule has 0 radical (unpaired) electrons. The maximum absolute atomic E-state index is 5.90. The molecule has 0 atom stereocenters. The molecule has 90 valence electrons. The lowest BCUT2D eigenvalue weighted by atomic mass is 10.3. The van der Waals surface area contributed by atoms with Crippen molar-refractivity contribution in [1.29, 1.82) is 0 Å². The van der Waals surface area contributed by atoms with Gasteiger partial charge in [-0.15, -0.1) is 0 Å². The molecule has 3 heterocycles. The number of imidazole rings is 1. The highest BCUT2D eigenvalue weighted by atomic mass is 32.2. The molecule has 18 heavy (non-hydrogen) atoms. The number of hydrogen-bond acceptors (Lipinski definition) is 6. The van der Waals surface area contributed by atoms with E-state index in [-0.39, 0.29) is 0 Å². The molecule has 0 unspecified atom stereocenters. The molecule has 3 aromatic heterocycles. The fourth-order valence-electron chi connectivity index (χ4n) is 1.54. The Balaban J connectivity index is 2.06. The normalized spacial score (nSPS) is 10.9. The van der Waals surface area contributed by atoms with Crippen molar-refractivity contribution in [2.75, 3.05) is 5.73 Å². The van der Waals surface area contributed by atoms with E-state index >= 15 is 0 Å². The summed E-state index contributed by atoms with van der Waals surface area (Å²) in [6, 6.07) is 3.72. The van der Waals surface area contributed by atoms with Gasteiger partial charge in [0, 0.05) is 5.69 Å². The van der Waals surface area contributed by atoms with Gasteiger partial charge in [-0.2, -0.15) is 0 Å². The second kappa shape index (κ2) is 4.26. The Morgan fingerprint density at radius 1 is 1.17 bits per heavy atom.